The highest BCUT2D eigenvalue weighted by molar-refractivity contribution is 5.60. The Morgan fingerprint density at radius 1 is 1.29 bits per heavy atom. The van der Waals surface area contributed by atoms with Crippen LogP contribution in [0.5, 0.6) is 0 Å². The van der Waals surface area contributed by atoms with Crippen LogP contribution in [0.4, 0.5) is 0 Å². The smallest absolute Gasteiger partial charge is 0.127 e. The molecule has 2 fully saturated rings. The standard InChI is InChI=1S/C14H26N2O/c1-15(2)13-6-9-16(10-13)11-14(12-17)7-4-3-5-8-14/h12-13H,3-11H2,1-2H3. The van der Waals surface area contributed by atoms with Crippen LogP contribution in [0.1, 0.15) is 38.5 Å². The molecule has 0 aromatic heterocycles. The third-order valence-electron chi connectivity index (χ3n) is 4.62. The second-order valence-electron chi connectivity index (χ2n) is 6.18. The van der Waals surface area contributed by atoms with Gasteiger partial charge in [0.15, 0.2) is 0 Å². The van der Waals surface area contributed by atoms with Crippen molar-refractivity contribution in [3.05, 3.63) is 0 Å². The topological polar surface area (TPSA) is 23.6 Å². The minimum atomic E-state index is -0.0144. The average Bonchev–Trinajstić information content (AvgIpc) is 2.79. The van der Waals surface area contributed by atoms with Crippen molar-refractivity contribution in [1.29, 1.82) is 0 Å². The molecular weight excluding hydrogens is 212 g/mol. The van der Waals surface area contributed by atoms with Gasteiger partial charge in [-0.25, -0.2) is 0 Å². The van der Waals surface area contributed by atoms with Crippen LogP contribution in [0.3, 0.4) is 0 Å². The summed E-state index contributed by atoms with van der Waals surface area (Å²) < 4.78 is 0. The Morgan fingerprint density at radius 2 is 2.00 bits per heavy atom. The maximum atomic E-state index is 11.4. The predicted molar refractivity (Wildman–Crippen MR) is 70.1 cm³/mol. The largest absolute Gasteiger partial charge is 0.305 e. The molecule has 1 unspecified atom stereocenters. The summed E-state index contributed by atoms with van der Waals surface area (Å²) in [5, 5.41) is 0. The maximum Gasteiger partial charge on any atom is 0.127 e. The molecule has 17 heavy (non-hydrogen) atoms. The highest BCUT2D eigenvalue weighted by Crippen LogP contribution is 2.36. The quantitative estimate of drug-likeness (QED) is 0.697. The molecule has 2 rings (SSSR count). The van der Waals surface area contributed by atoms with Crippen molar-refractivity contribution >= 4 is 6.29 Å². The Balaban J connectivity index is 1.89. The first-order chi connectivity index (χ1) is 8.15. The molecule has 1 saturated heterocycles. The molecule has 1 atom stereocenters. The fourth-order valence-electron chi connectivity index (χ4n) is 3.39. The van der Waals surface area contributed by atoms with Crippen LogP contribution in [0.25, 0.3) is 0 Å². The van der Waals surface area contributed by atoms with Crippen LogP contribution in [-0.2, 0) is 4.79 Å². The lowest BCUT2D eigenvalue weighted by atomic mass is 9.75. The summed E-state index contributed by atoms with van der Waals surface area (Å²) in [6.45, 7) is 3.31. The SMILES string of the molecule is CN(C)C1CCN(CC2(C=O)CCCCC2)C1. The number of rotatable bonds is 4. The zero-order valence-electron chi connectivity index (χ0n) is 11.3. The number of hydrogen-bond acceptors (Lipinski definition) is 3. The van der Waals surface area contributed by atoms with E-state index in [1.54, 1.807) is 0 Å². The Hall–Kier alpha value is -0.410. The molecule has 0 spiro atoms. The van der Waals surface area contributed by atoms with Gasteiger partial charge in [-0.15, -0.1) is 0 Å². The van der Waals surface area contributed by atoms with E-state index in [1.165, 1.54) is 38.5 Å². The normalized spacial score (nSPS) is 29.7. The first kappa shape index (κ1) is 13.0. The lowest BCUT2D eigenvalue weighted by Gasteiger charge is -2.35. The second kappa shape index (κ2) is 5.49. The van der Waals surface area contributed by atoms with Gasteiger partial charge in [-0.2, -0.15) is 0 Å². The van der Waals surface area contributed by atoms with Gasteiger partial charge in [0.2, 0.25) is 0 Å². The van der Waals surface area contributed by atoms with Gasteiger partial charge in [0.25, 0.3) is 0 Å². The second-order valence-corrected chi connectivity index (χ2v) is 6.18. The van der Waals surface area contributed by atoms with E-state index in [-0.39, 0.29) is 5.41 Å². The molecule has 1 aliphatic carbocycles. The Labute approximate surface area is 105 Å². The number of likely N-dealkylation sites (N-methyl/N-ethyl adjacent to an activating group) is 1. The number of nitrogens with zero attached hydrogens (tertiary/aromatic N) is 2. The van der Waals surface area contributed by atoms with Gasteiger partial charge in [-0.05, 0) is 39.9 Å². The Bertz CT molecular complexity index is 259. The summed E-state index contributed by atoms with van der Waals surface area (Å²) in [5.41, 5.74) is -0.0144. The van der Waals surface area contributed by atoms with Gasteiger partial charge in [0.05, 0.1) is 0 Å². The number of aldehydes is 1. The van der Waals surface area contributed by atoms with E-state index >= 15 is 0 Å². The van der Waals surface area contributed by atoms with E-state index in [0.29, 0.717) is 6.04 Å². The molecule has 0 aromatic carbocycles. The van der Waals surface area contributed by atoms with Gasteiger partial charge in [-0.1, -0.05) is 19.3 Å². The van der Waals surface area contributed by atoms with E-state index in [4.69, 9.17) is 0 Å². The molecule has 0 aromatic rings. The molecule has 2 aliphatic rings. The molecule has 0 N–H and O–H groups in total. The van der Waals surface area contributed by atoms with Crippen LogP contribution in [-0.4, -0.2) is 55.9 Å². The van der Waals surface area contributed by atoms with E-state index < -0.39 is 0 Å². The maximum absolute atomic E-state index is 11.4. The lowest BCUT2D eigenvalue weighted by Crippen LogP contribution is -2.40. The molecule has 0 bridgehead atoms. The average molecular weight is 238 g/mol. The summed E-state index contributed by atoms with van der Waals surface area (Å²) in [5.74, 6) is 0. The zero-order chi connectivity index (χ0) is 12.3. The summed E-state index contributed by atoms with van der Waals surface area (Å²) in [7, 11) is 4.31. The fourth-order valence-corrected chi connectivity index (χ4v) is 3.39. The minimum absolute atomic E-state index is 0.0144. The van der Waals surface area contributed by atoms with Crippen molar-refractivity contribution in [2.24, 2.45) is 5.41 Å². The molecule has 3 nitrogen and oxygen atoms in total. The molecule has 1 saturated carbocycles. The van der Waals surface area contributed by atoms with E-state index in [9.17, 15) is 4.79 Å². The predicted octanol–water partition coefficient (Wildman–Crippen LogP) is 1.77. The van der Waals surface area contributed by atoms with Crippen molar-refractivity contribution in [3.8, 4) is 0 Å². The third-order valence-corrected chi connectivity index (χ3v) is 4.62. The fraction of sp³-hybridized carbons (Fsp3) is 0.929. The number of likely N-dealkylation sites (tertiary alicyclic amines) is 1. The van der Waals surface area contributed by atoms with Crippen molar-refractivity contribution in [3.63, 3.8) is 0 Å². The van der Waals surface area contributed by atoms with Gasteiger partial charge in [0, 0.05) is 24.5 Å². The molecular formula is C14H26N2O. The van der Waals surface area contributed by atoms with E-state index in [1.807, 2.05) is 0 Å². The third kappa shape index (κ3) is 3.08. The summed E-state index contributed by atoms with van der Waals surface area (Å²) >= 11 is 0. The van der Waals surface area contributed by atoms with Crippen LogP contribution in [0.15, 0.2) is 0 Å². The minimum Gasteiger partial charge on any atom is -0.305 e. The zero-order valence-corrected chi connectivity index (χ0v) is 11.3. The van der Waals surface area contributed by atoms with Crippen LogP contribution in [0, 0.1) is 5.41 Å². The van der Waals surface area contributed by atoms with Crippen molar-refractivity contribution in [1.82, 2.24) is 9.80 Å². The first-order valence-electron chi connectivity index (χ1n) is 7.00. The number of carbonyl (C=O) groups is 1. The Morgan fingerprint density at radius 3 is 2.53 bits per heavy atom. The summed E-state index contributed by atoms with van der Waals surface area (Å²) in [4.78, 5) is 16.3. The van der Waals surface area contributed by atoms with Crippen molar-refractivity contribution < 1.29 is 4.79 Å². The molecule has 1 aliphatic heterocycles. The Kier molecular flexibility index (Phi) is 4.21. The molecule has 1 heterocycles. The summed E-state index contributed by atoms with van der Waals surface area (Å²) in [6, 6.07) is 0.683. The van der Waals surface area contributed by atoms with Crippen LogP contribution in [0.2, 0.25) is 0 Å². The highest BCUT2D eigenvalue weighted by atomic mass is 16.1. The van der Waals surface area contributed by atoms with E-state index in [0.717, 1.165) is 25.9 Å². The molecule has 98 valence electrons. The van der Waals surface area contributed by atoms with Crippen LogP contribution < -0.4 is 0 Å². The van der Waals surface area contributed by atoms with Gasteiger partial charge >= 0.3 is 0 Å². The number of hydrogen-bond donors (Lipinski definition) is 0. The monoisotopic (exact) mass is 238 g/mol. The van der Waals surface area contributed by atoms with Crippen molar-refractivity contribution in [2.45, 2.75) is 44.6 Å². The van der Waals surface area contributed by atoms with Gasteiger partial charge in [0.1, 0.15) is 6.29 Å². The van der Waals surface area contributed by atoms with Gasteiger partial charge < -0.3 is 14.6 Å². The van der Waals surface area contributed by atoms with E-state index in [2.05, 4.69) is 23.9 Å². The number of carbonyl (C=O) groups excluding carboxylic acids is 1. The first-order valence-corrected chi connectivity index (χ1v) is 7.00. The van der Waals surface area contributed by atoms with Crippen molar-refractivity contribution in [2.75, 3.05) is 33.7 Å². The van der Waals surface area contributed by atoms with Gasteiger partial charge in [-0.3, -0.25) is 0 Å². The van der Waals surface area contributed by atoms with Crippen LogP contribution >= 0.6 is 0 Å². The highest BCUT2D eigenvalue weighted by Gasteiger charge is 2.36. The molecule has 3 heteroatoms. The lowest BCUT2D eigenvalue weighted by molar-refractivity contribution is -0.119. The summed E-state index contributed by atoms with van der Waals surface area (Å²) in [6.07, 6.45) is 8.53. The molecule has 0 radical (unpaired) electrons. The molecule has 0 amide bonds.